The summed E-state index contributed by atoms with van der Waals surface area (Å²) >= 11 is 2.16. The minimum Gasteiger partial charge on any atom is -0.507 e. The first-order valence-electron chi connectivity index (χ1n) is 5.54. The molecule has 0 atom stereocenters. The molecule has 0 spiro atoms. The Morgan fingerprint density at radius 2 is 2.05 bits per heavy atom. The van der Waals surface area contributed by atoms with Crippen molar-refractivity contribution < 1.29 is 14.6 Å². The highest BCUT2D eigenvalue weighted by molar-refractivity contribution is 14.1. The van der Waals surface area contributed by atoms with Crippen LogP contribution in [0.4, 0.5) is 5.69 Å². The van der Waals surface area contributed by atoms with Crippen molar-refractivity contribution in [2.75, 3.05) is 12.4 Å². The summed E-state index contributed by atoms with van der Waals surface area (Å²) in [6.45, 7) is 0. The van der Waals surface area contributed by atoms with Crippen LogP contribution >= 0.6 is 22.6 Å². The van der Waals surface area contributed by atoms with E-state index in [9.17, 15) is 9.90 Å². The monoisotopic (exact) mass is 369 g/mol. The number of carbonyl (C=O) groups excluding carboxylic acids is 1. The Labute approximate surface area is 124 Å². The number of methoxy groups -OCH3 is 1. The molecule has 1 amide bonds. The first-order chi connectivity index (χ1) is 9.10. The molecule has 0 heterocycles. The Bertz CT molecular complexity index is 613. The third-order valence-electron chi connectivity index (χ3n) is 2.53. The lowest BCUT2D eigenvalue weighted by atomic mass is 10.1. The zero-order valence-corrected chi connectivity index (χ0v) is 12.3. The molecule has 2 N–H and O–H groups in total. The molecule has 0 saturated carbocycles. The Morgan fingerprint density at radius 1 is 1.26 bits per heavy atom. The number of nitrogens with one attached hydrogen (secondary N) is 1. The predicted octanol–water partition coefficient (Wildman–Crippen LogP) is 3.26. The molecule has 2 rings (SSSR count). The number of benzene rings is 2. The summed E-state index contributed by atoms with van der Waals surface area (Å²) in [6.07, 6.45) is 0. The highest BCUT2D eigenvalue weighted by atomic mass is 127. The predicted molar refractivity (Wildman–Crippen MR) is 81.8 cm³/mol. The summed E-state index contributed by atoms with van der Waals surface area (Å²) in [5, 5.41) is 12.4. The van der Waals surface area contributed by atoms with E-state index in [4.69, 9.17) is 4.74 Å². The first kappa shape index (κ1) is 13.7. The summed E-state index contributed by atoms with van der Waals surface area (Å²) in [5.41, 5.74) is 0.859. The molecule has 98 valence electrons. The molecule has 2 aromatic rings. The maximum absolute atomic E-state index is 12.1. The van der Waals surface area contributed by atoms with Crippen LogP contribution in [0.1, 0.15) is 10.4 Å². The molecule has 0 fully saturated rings. The van der Waals surface area contributed by atoms with Crippen molar-refractivity contribution in [3.8, 4) is 11.5 Å². The van der Waals surface area contributed by atoms with E-state index in [0.717, 1.165) is 3.57 Å². The van der Waals surface area contributed by atoms with Crippen LogP contribution in [0.3, 0.4) is 0 Å². The number of amides is 1. The third-order valence-corrected chi connectivity index (χ3v) is 3.20. The van der Waals surface area contributed by atoms with Gasteiger partial charge in [0.1, 0.15) is 11.5 Å². The molecule has 0 aromatic heterocycles. The van der Waals surface area contributed by atoms with Gasteiger partial charge in [0.15, 0.2) is 0 Å². The largest absolute Gasteiger partial charge is 0.507 e. The van der Waals surface area contributed by atoms with E-state index in [1.165, 1.54) is 19.2 Å². The smallest absolute Gasteiger partial charge is 0.259 e. The van der Waals surface area contributed by atoms with Gasteiger partial charge in [-0.15, -0.1) is 0 Å². The topological polar surface area (TPSA) is 58.6 Å². The zero-order valence-electron chi connectivity index (χ0n) is 10.2. The van der Waals surface area contributed by atoms with Gasteiger partial charge in [-0.25, -0.2) is 0 Å². The SMILES string of the molecule is COc1ccc(O)c(C(=O)Nc2cccc(I)c2)c1. The number of halogens is 1. The molecule has 0 aliphatic heterocycles. The van der Waals surface area contributed by atoms with Gasteiger partial charge >= 0.3 is 0 Å². The molecular weight excluding hydrogens is 357 g/mol. The van der Waals surface area contributed by atoms with Gasteiger partial charge in [0.05, 0.1) is 12.7 Å². The van der Waals surface area contributed by atoms with E-state index in [0.29, 0.717) is 11.4 Å². The summed E-state index contributed by atoms with van der Waals surface area (Å²) in [7, 11) is 1.51. The summed E-state index contributed by atoms with van der Waals surface area (Å²) in [4.78, 5) is 12.1. The normalized spacial score (nSPS) is 10.0. The average Bonchev–Trinajstić information content (AvgIpc) is 2.39. The Morgan fingerprint density at radius 3 is 2.74 bits per heavy atom. The maximum Gasteiger partial charge on any atom is 0.259 e. The number of phenols is 1. The van der Waals surface area contributed by atoms with Crippen LogP contribution in [0.15, 0.2) is 42.5 Å². The number of rotatable bonds is 3. The minimum atomic E-state index is -0.376. The fraction of sp³-hybridized carbons (Fsp3) is 0.0714. The van der Waals surface area contributed by atoms with Crippen LogP contribution in [0, 0.1) is 3.57 Å². The van der Waals surface area contributed by atoms with Gasteiger partial charge < -0.3 is 15.2 Å². The second-order valence-corrected chi connectivity index (χ2v) is 5.09. The van der Waals surface area contributed by atoms with Crippen LogP contribution in [0.5, 0.6) is 11.5 Å². The molecule has 5 heteroatoms. The number of hydrogen-bond donors (Lipinski definition) is 2. The highest BCUT2D eigenvalue weighted by Crippen LogP contribution is 2.24. The fourth-order valence-corrected chi connectivity index (χ4v) is 2.13. The first-order valence-corrected chi connectivity index (χ1v) is 6.62. The number of carbonyl (C=O) groups is 1. The van der Waals surface area contributed by atoms with E-state index in [-0.39, 0.29) is 17.2 Å². The standard InChI is InChI=1S/C14H12INO3/c1-19-11-5-6-13(17)12(8-11)14(18)16-10-4-2-3-9(15)7-10/h2-8,17H,1H3,(H,16,18). The lowest BCUT2D eigenvalue weighted by Gasteiger charge is -2.08. The van der Waals surface area contributed by atoms with Gasteiger partial charge in [-0.2, -0.15) is 0 Å². The molecule has 4 nitrogen and oxygen atoms in total. The average molecular weight is 369 g/mol. The Balaban J connectivity index is 2.25. The van der Waals surface area contributed by atoms with Crippen LogP contribution in [0.25, 0.3) is 0 Å². The molecular formula is C14H12INO3. The van der Waals surface area contributed by atoms with E-state index < -0.39 is 0 Å². The van der Waals surface area contributed by atoms with Gasteiger partial charge in [-0.1, -0.05) is 6.07 Å². The zero-order chi connectivity index (χ0) is 13.8. The minimum absolute atomic E-state index is 0.0797. The van der Waals surface area contributed by atoms with Crippen molar-refractivity contribution in [1.82, 2.24) is 0 Å². The number of hydrogen-bond acceptors (Lipinski definition) is 3. The number of anilines is 1. The van der Waals surface area contributed by atoms with Crippen molar-refractivity contribution in [3.05, 3.63) is 51.6 Å². The summed E-state index contributed by atoms with van der Waals surface area (Å²) < 4.78 is 6.06. The lowest BCUT2D eigenvalue weighted by molar-refractivity contribution is 0.102. The summed E-state index contributed by atoms with van der Waals surface area (Å²) in [5.74, 6) is 0.0629. The van der Waals surface area contributed by atoms with Gasteiger partial charge in [0, 0.05) is 9.26 Å². The molecule has 0 aliphatic carbocycles. The second kappa shape index (κ2) is 5.92. The van der Waals surface area contributed by atoms with Crippen molar-refractivity contribution in [3.63, 3.8) is 0 Å². The highest BCUT2D eigenvalue weighted by Gasteiger charge is 2.12. The van der Waals surface area contributed by atoms with Gasteiger partial charge in [0.25, 0.3) is 5.91 Å². The van der Waals surface area contributed by atoms with Crippen LogP contribution in [-0.4, -0.2) is 18.1 Å². The molecule has 0 radical (unpaired) electrons. The summed E-state index contributed by atoms with van der Waals surface area (Å²) in [6, 6.07) is 11.9. The van der Waals surface area contributed by atoms with E-state index in [1.54, 1.807) is 12.1 Å². The fourth-order valence-electron chi connectivity index (χ4n) is 1.59. The Kier molecular flexibility index (Phi) is 4.26. The lowest BCUT2D eigenvalue weighted by Crippen LogP contribution is -2.12. The van der Waals surface area contributed by atoms with Crippen LogP contribution in [-0.2, 0) is 0 Å². The molecule has 0 saturated heterocycles. The van der Waals surface area contributed by atoms with Crippen LogP contribution < -0.4 is 10.1 Å². The van der Waals surface area contributed by atoms with E-state index in [1.807, 2.05) is 18.2 Å². The maximum atomic E-state index is 12.1. The van der Waals surface area contributed by atoms with Gasteiger partial charge in [0.2, 0.25) is 0 Å². The van der Waals surface area contributed by atoms with Crippen molar-refractivity contribution >= 4 is 34.2 Å². The molecule has 2 aromatic carbocycles. The van der Waals surface area contributed by atoms with Crippen molar-refractivity contribution in [2.24, 2.45) is 0 Å². The molecule has 0 bridgehead atoms. The van der Waals surface area contributed by atoms with Gasteiger partial charge in [-0.05, 0) is 59.0 Å². The number of phenolic OH excluding ortho intramolecular Hbond substituents is 1. The van der Waals surface area contributed by atoms with Crippen molar-refractivity contribution in [1.29, 1.82) is 0 Å². The molecule has 0 unspecified atom stereocenters. The molecule has 0 aliphatic rings. The quantitative estimate of drug-likeness (QED) is 0.817. The van der Waals surface area contributed by atoms with Crippen molar-refractivity contribution in [2.45, 2.75) is 0 Å². The van der Waals surface area contributed by atoms with E-state index in [2.05, 4.69) is 27.9 Å². The van der Waals surface area contributed by atoms with E-state index >= 15 is 0 Å². The Hall–Kier alpha value is -1.76. The van der Waals surface area contributed by atoms with Crippen LogP contribution in [0.2, 0.25) is 0 Å². The second-order valence-electron chi connectivity index (χ2n) is 3.85. The molecule has 19 heavy (non-hydrogen) atoms. The van der Waals surface area contributed by atoms with Gasteiger partial charge in [-0.3, -0.25) is 4.79 Å². The number of ether oxygens (including phenoxy) is 1. The number of aromatic hydroxyl groups is 1. The third kappa shape index (κ3) is 3.37.